The van der Waals surface area contributed by atoms with Crippen molar-refractivity contribution in [1.29, 1.82) is 5.26 Å². The molecule has 0 aliphatic heterocycles. The highest BCUT2D eigenvalue weighted by molar-refractivity contribution is 7.11. The van der Waals surface area contributed by atoms with E-state index >= 15 is 0 Å². The normalized spacial score (nSPS) is 11.4. The van der Waals surface area contributed by atoms with Gasteiger partial charge in [-0.05, 0) is 35.9 Å². The van der Waals surface area contributed by atoms with E-state index in [1.165, 1.54) is 11.3 Å². The van der Waals surface area contributed by atoms with E-state index in [0.717, 1.165) is 10.9 Å². The van der Waals surface area contributed by atoms with E-state index in [2.05, 4.69) is 11.1 Å². The predicted molar refractivity (Wildman–Crippen MR) is 105 cm³/mol. The SMILES string of the molecule is N#C/C(=C\c1ccc(O)cc1)c1nc(-c2cc3ccccc3oc2=O)cs1. The standard InChI is InChI=1S/C21H12N2O3S/c22-11-15(9-13-5-7-16(24)8-6-13)20-23-18(12-27-20)17-10-14-3-1-2-4-19(14)26-21(17)25/h1-10,12,24H/b15-9+. The average Bonchev–Trinajstić information content (AvgIpc) is 3.16. The molecule has 0 radical (unpaired) electrons. The molecule has 0 fully saturated rings. The molecule has 4 aromatic rings. The third-order valence-electron chi connectivity index (χ3n) is 3.98. The number of aromatic nitrogens is 1. The lowest BCUT2D eigenvalue weighted by Gasteiger charge is -1.99. The minimum atomic E-state index is -0.466. The first-order valence-electron chi connectivity index (χ1n) is 8.04. The summed E-state index contributed by atoms with van der Waals surface area (Å²) < 4.78 is 5.36. The van der Waals surface area contributed by atoms with Crippen molar-refractivity contribution in [3.63, 3.8) is 0 Å². The van der Waals surface area contributed by atoms with Crippen LogP contribution in [0.5, 0.6) is 5.75 Å². The first kappa shape index (κ1) is 16.8. The smallest absolute Gasteiger partial charge is 0.345 e. The first-order chi connectivity index (χ1) is 13.1. The van der Waals surface area contributed by atoms with Gasteiger partial charge in [0.15, 0.2) is 0 Å². The molecular formula is C21H12N2O3S. The number of nitriles is 1. The van der Waals surface area contributed by atoms with Gasteiger partial charge in [-0.1, -0.05) is 30.3 Å². The third kappa shape index (κ3) is 3.36. The van der Waals surface area contributed by atoms with E-state index in [0.29, 0.717) is 27.4 Å². The molecule has 130 valence electrons. The third-order valence-corrected chi connectivity index (χ3v) is 4.85. The molecule has 0 saturated carbocycles. The molecule has 0 bridgehead atoms. The van der Waals surface area contributed by atoms with Gasteiger partial charge in [-0.25, -0.2) is 9.78 Å². The van der Waals surface area contributed by atoms with Gasteiger partial charge in [-0.15, -0.1) is 11.3 Å². The Morgan fingerprint density at radius 3 is 2.74 bits per heavy atom. The maximum Gasteiger partial charge on any atom is 0.345 e. The molecule has 0 atom stereocenters. The Hall–Kier alpha value is -3.69. The summed E-state index contributed by atoms with van der Waals surface area (Å²) in [6, 6.07) is 17.7. The van der Waals surface area contributed by atoms with Gasteiger partial charge in [-0.2, -0.15) is 5.26 Å². The number of phenols is 1. The van der Waals surface area contributed by atoms with Gasteiger partial charge in [0.25, 0.3) is 0 Å². The minimum Gasteiger partial charge on any atom is -0.508 e. The quantitative estimate of drug-likeness (QED) is 0.416. The van der Waals surface area contributed by atoms with E-state index < -0.39 is 5.63 Å². The van der Waals surface area contributed by atoms with Crippen LogP contribution in [0.15, 0.2) is 69.2 Å². The van der Waals surface area contributed by atoms with Crippen LogP contribution < -0.4 is 5.63 Å². The summed E-state index contributed by atoms with van der Waals surface area (Å²) in [7, 11) is 0. The second-order valence-electron chi connectivity index (χ2n) is 5.78. The maximum absolute atomic E-state index is 12.3. The fourth-order valence-electron chi connectivity index (χ4n) is 2.64. The average molecular weight is 372 g/mol. The first-order valence-corrected chi connectivity index (χ1v) is 8.92. The van der Waals surface area contributed by atoms with Gasteiger partial charge in [0, 0.05) is 10.8 Å². The molecule has 2 aromatic carbocycles. The van der Waals surface area contributed by atoms with E-state index in [1.807, 2.05) is 12.1 Å². The van der Waals surface area contributed by atoms with Crippen molar-refractivity contribution in [2.24, 2.45) is 0 Å². The summed E-state index contributed by atoms with van der Waals surface area (Å²) in [6.45, 7) is 0. The highest BCUT2D eigenvalue weighted by atomic mass is 32.1. The molecule has 6 heteroatoms. The van der Waals surface area contributed by atoms with Gasteiger partial charge in [-0.3, -0.25) is 0 Å². The number of nitrogens with zero attached hydrogens (tertiary/aromatic N) is 2. The van der Waals surface area contributed by atoms with Crippen molar-refractivity contribution in [3.05, 3.63) is 81.0 Å². The second kappa shape index (κ2) is 6.90. The Morgan fingerprint density at radius 1 is 1.19 bits per heavy atom. The monoisotopic (exact) mass is 372 g/mol. The van der Waals surface area contributed by atoms with Crippen LogP contribution in [0.4, 0.5) is 0 Å². The summed E-state index contributed by atoms with van der Waals surface area (Å²) in [4.78, 5) is 16.8. The number of rotatable bonds is 3. The van der Waals surface area contributed by atoms with Crippen molar-refractivity contribution in [2.45, 2.75) is 0 Å². The van der Waals surface area contributed by atoms with Crippen LogP contribution in [0.1, 0.15) is 10.6 Å². The van der Waals surface area contributed by atoms with Crippen LogP contribution in [0, 0.1) is 11.3 Å². The molecule has 2 aromatic heterocycles. The highest BCUT2D eigenvalue weighted by Gasteiger charge is 2.13. The zero-order valence-electron chi connectivity index (χ0n) is 13.9. The lowest BCUT2D eigenvalue weighted by molar-refractivity contribution is 0.475. The Morgan fingerprint density at radius 2 is 1.96 bits per heavy atom. The van der Waals surface area contributed by atoms with Crippen molar-refractivity contribution < 1.29 is 9.52 Å². The van der Waals surface area contributed by atoms with Gasteiger partial charge < -0.3 is 9.52 Å². The van der Waals surface area contributed by atoms with Crippen molar-refractivity contribution in [3.8, 4) is 23.1 Å². The molecular weight excluding hydrogens is 360 g/mol. The number of aromatic hydroxyl groups is 1. The summed E-state index contributed by atoms with van der Waals surface area (Å²) in [6.07, 6.45) is 1.69. The number of benzene rings is 2. The van der Waals surface area contributed by atoms with E-state index in [-0.39, 0.29) is 5.75 Å². The lowest BCUT2D eigenvalue weighted by Crippen LogP contribution is -2.02. The zero-order chi connectivity index (χ0) is 18.8. The molecule has 0 spiro atoms. The molecule has 2 heterocycles. The molecule has 0 amide bonds. The molecule has 27 heavy (non-hydrogen) atoms. The van der Waals surface area contributed by atoms with E-state index in [9.17, 15) is 15.2 Å². The van der Waals surface area contributed by atoms with E-state index in [1.54, 1.807) is 53.9 Å². The topological polar surface area (TPSA) is 87.1 Å². The molecule has 0 saturated heterocycles. The zero-order valence-corrected chi connectivity index (χ0v) is 14.7. The summed E-state index contributed by atoms with van der Waals surface area (Å²) in [5.74, 6) is 0.158. The lowest BCUT2D eigenvalue weighted by atomic mass is 10.1. The van der Waals surface area contributed by atoms with Crippen molar-refractivity contribution >= 4 is 34.0 Å². The molecule has 4 rings (SSSR count). The number of allylic oxidation sites excluding steroid dienone is 1. The molecule has 1 N–H and O–H groups in total. The number of hydrogen-bond donors (Lipinski definition) is 1. The van der Waals surface area contributed by atoms with Crippen LogP contribution in [-0.4, -0.2) is 10.1 Å². The Bertz CT molecular complexity index is 1260. The maximum atomic E-state index is 12.3. The predicted octanol–water partition coefficient (Wildman–Crippen LogP) is 4.69. The molecule has 5 nitrogen and oxygen atoms in total. The minimum absolute atomic E-state index is 0.158. The highest BCUT2D eigenvalue weighted by Crippen LogP contribution is 2.27. The molecule has 0 aliphatic rings. The number of fused-ring (bicyclic) bond motifs is 1. The fraction of sp³-hybridized carbons (Fsp3) is 0. The molecule has 0 unspecified atom stereocenters. The number of hydrogen-bond acceptors (Lipinski definition) is 6. The van der Waals surface area contributed by atoms with Crippen LogP contribution in [0.25, 0.3) is 33.9 Å². The summed E-state index contributed by atoms with van der Waals surface area (Å²) in [5, 5.41) is 21.9. The van der Waals surface area contributed by atoms with Gasteiger partial charge in [0.1, 0.15) is 22.4 Å². The summed E-state index contributed by atoms with van der Waals surface area (Å²) >= 11 is 1.28. The van der Waals surface area contributed by atoms with Gasteiger partial charge >= 0.3 is 5.63 Å². The molecule has 0 aliphatic carbocycles. The van der Waals surface area contributed by atoms with Crippen LogP contribution in [0.2, 0.25) is 0 Å². The Kier molecular flexibility index (Phi) is 4.29. The van der Waals surface area contributed by atoms with Crippen molar-refractivity contribution in [1.82, 2.24) is 4.98 Å². The van der Waals surface area contributed by atoms with Crippen LogP contribution in [-0.2, 0) is 0 Å². The Labute approximate surface area is 158 Å². The second-order valence-corrected chi connectivity index (χ2v) is 6.64. The van der Waals surface area contributed by atoms with Gasteiger partial charge in [0.05, 0.1) is 16.8 Å². The van der Waals surface area contributed by atoms with Crippen LogP contribution >= 0.6 is 11.3 Å². The Balaban J connectivity index is 1.75. The van der Waals surface area contributed by atoms with Gasteiger partial charge in [0.2, 0.25) is 0 Å². The van der Waals surface area contributed by atoms with E-state index in [4.69, 9.17) is 4.42 Å². The fourth-order valence-corrected chi connectivity index (χ4v) is 3.43. The number of phenolic OH excluding ortho intramolecular Hbond substituents is 1. The number of para-hydroxylation sites is 1. The number of thiazole rings is 1. The van der Waals surface area contributed by atoms with Crippen molar-refractivity contribution in [2.75, 3.05) is 0 Å². The van der Waals surface area contributed by atoms with Crippen LogP contribution in [0.3, 0.4) is 0 Å². The largest absolute Gasteiger partial charge is 0.508 e. The summed E-state index contributed by atoms with van der Waals surface area (Å²) in [5.41, 5.74) is 2.03.